The lowest BCUT2D eigenvalue weighted by Gasteiger charge is -2.30. The molecule has 0 aliphatic carbocycles. The average Bonchev–Trinajstić information content (AvgIpc) is 2.85. The Morgan fingerprint density at radius 3 is 2.42 bits per heavy atom. The van der Waals surface area contributed by atoms with Crippen LogP contribution in [0, 0.1) is 0 Å². The summed E-state index contributed by atoms with van der Waals surface area (Å²) in [4.78, 5) is 0. The van der Waals surface area contributed by atoms with Crippen LogP contribution in [0.1, 0.15) is 45.2 Å². The van der Waals surface area contributed by atoms with Crippen LogP contribution in [0.5, 0.6) is 5.75 Å². The highest BCUT2D eigenvalue weighted by Gasteiger charge is 2.35. The van der Waals surface area contributed by atoms with Crippen molar-refractivity contribution in [2.24, 2.45) is 0 Å². The fraction of sp³-hybridized carbons (Fsp3) is 0.600. The SMILES string of the molecule is COc1ccc([C@@H]2CCCN2S(=O)C(C)(C)C)cc1. The highest BCUT2D eigenvalue weighted by molar-refractivity contribution is 7.84. The van der Waals surface area contributed by atoms with E-state index in [4.69, 9.17) is 4.74 Å². The van der Waals surface area contributed by atoms with E-state index >= 15 is 0 Å². The van der Waals surface area contributed by atoms with Gasteiger partial charge < -0.3 is 4.74 Å². The molecular weight excluding hydrogens is 258 g/mol. The summed E-state index contributed by atoms with van der Waals surface area (Å²) in [5.74, 6) is 0.866. The summed E-state index contributed by atoms with van der Waals surface area (Å²) in [5, 5.41) is 0. The van der Waals surface area contributed by atoms with Crippen LogP contribution in [0.2, 0.25) is 0 Å². The molecular formula is C15H23NO2S. The number of hydrogen-bond donors (Lipinski definition) is 0. The van der Waals surface area contributed by atoms with E-state index in [1.807, 2.05) is 32.9 Å². The maximum atomic E-state index is 12.6. The molecule has 1 aromatic carbocycles. The zero-order valence-electron chi connectivity index (χ0n) is 12.2. The van der Waals surface area contributed by atoms with E-state index in [0.29, 0.717) is 0 Å². The molecule has 1 aliphatic heterocycles. The van der Waals surface area contributed by atoms with Gasteiger partial charge >= 0.3 is 0 Å². The summed E-state index contributed by atoms with van der Waals surface area (Å²) in [6.07, 6.45) is 2.19. The van der Waals surface area contributed by atoms with Crippen molar-refractivity contribution in [2.45, 2.75) is 44.4 Å². The molecule has 0 N–H and O–H groups in total. The Kier molecular flexibility index (Phi) is 4.31. The Hall–Kier alpha value is -0.870. The quantitative estimate of drug-likeness (QED) is 0.851. The van der Waals surface area contributed by atoms with Gasteiger partial charge in [-0.25, -0.2) is 8.51 Å². The first-order chi connectivity index (χ1) is 8.93. The maximum absolute atomic E-state index is 12.6. The van der Waals surface area contributed by atoms with E-state index in [1.54, 1.807) is 7.11 Å². The lowest BCUT2D eigenvalue weighted by atomic mass is 10.1. The molecule has 2 rings (SSSR count). The fourth-order valence-electron chi connectivity index (χ4n) is 2.45. The van der Waals surface area contributed by atoms with E-state index in [-0.39, 0.29) is 10.8 Å². The van der Waals surface area contributed by atoms with Gasteiger partial charge in [-0.15, -0.1) is 0 Å². The zero-order chi connectivity index (χ0) is 14.0. The summed E-state index contributed by atoms with van der Waals surface area (Å²) in [6, 6.07) is 8.40. The van der Waals surface area contributed by atoms with Gasteiger partial charge in [0, 0.05) is 12.6 Å². The number of benzene rings is 1. The molecule has 1 heterocycles. The Morgan fingerprint density at radius 2 is 1.89 bits per heavy atom. The molecule has 1 aromatic rings. The topological polar surface area (TPSA) is 29.5 Å². The highest BCUT2D eigenvalue weighted by atomic mass is 32.2. The Bertz CT molecular complexity index is 450. The molecule has 106 valence electrons. The van der Waals surface area contributed by atoms with Gasteiger partial charge in [-0.3, -0.25) is 0 Å². The lowest BCUT2D eigenvalue weighted by molar-refractivity contribution is 0.408. The largest absolute Gasteiger partial charge is 0.497 e. The molecule has 0 radical (unpaired) electrons. The number of ether oxygens (including phenoxy) is 1. The summed E-state index contributed by atoms with van der Waals surface area (Å²) < 4.78 is 19.7. The molecule has 3 nitrogen and oxygen atoms in total. The Morgan fingerprint density at radius 1 is 1.26 bits per heavy atom. The second kappa shape index (κ2) is 5.63. The molecule has 0 saturated carbocycles. The smallest absolute Gasteiger partial charge is 0.118 e. The molecule has 0 amide bonds. The molecule has 4 heteroatoms. The van der Waals surface area contributed by atoms with Crippen LogP contribution in [-0.2, 0) is 11.0 Å². The van der Waals surface area contributed by atoms with E-state index in [0.717, 1.165) is 25.1 Å². The first-order valence-electron chi connectivity index (χ1n) is 6.76. The van der Waals surface area contributed by atoms with Gasteiger partial charge in [0.1, 0.15) is 16.7 Å². The van der Waals surface area contributed by atoms with Crippen LogP contribution >= 0.6 is 0 Å². The van der Waals surface area contributed by atoms with Crippen molar-refractivity contribution in [3.05, 3.63) is 29.8 Å². The molecule has 19 heavy (non-hydrogen) atoms. The molecule has 0 aromatic heterocycles. The van der Waals surface area contributed by atoms with Gasteiger partial charge in [0.05, 0.1) is 11.9 Å². The van der Waals surface area contributed by atoms with Gasteiger partial charge in [0.15, 0.2) is 0 Å². The second-order valence-corrected chi connectivity index (χ2v) is 8.13. The van der Waals surface area contributed by atoms with Crippen LogP contribution < -0.4 is 4.74 Å². The minimum Gasteiger partial charge on any atom is -0.497 e. The number of methoxy groups -OCH3 is 1. The third-order valence-corrected chi connectivity index (χ3v) is 5.35. The first-order valence-corrected chi connectivity index (χ1v) is 7.87. The summed E-state index contributed by atoms with van der Waals surface area (Å²) in [7, 11) is 0.724. The molecule has 1 saturated heterocycles. The monoisotopic (exact) mass is 281 g/mol. The second-order valence-electron chi connectivity index (χ2n) is 5.93. The minimum absolute atomic E-state index is 0.199. The summed E-state index contributed by atoms with van der Waals surface area (Å²) in [5.41, 5.74) is 1.23. The van der Waals surface area contributed by atoms with Crippen LogP contribution in [-0.4, -0.2) is 26.9 Å². The van der Waals surface area contributed by atoms with Gasteiger partial charge in [0.2, 0.25) is 0 Å². The van der Waals surface area contributed by atoms with Crippen molar-refractivity contribution < 1.29 is 8.95 Å². The molecule has 1 unspecified atom stereocenters. The lowest BCUT2D eigenvalue weighted by Crippen LogP contribution is -2.37. The van der Waals surface area contributed by atoms with Crippen molar-refractivity contribution in [3.8, 4) is 5.75 Å². The number of rotatable bonds is 3. The van der Waals surface area contributed by atoms with Crippen molar-refractivity contribution >= 4 is 11.0 Å². The molecule has 0 bridgehead atoms. The van der Waals surface area contributed by atoms with E-state index in [1.165, 1.54) is 5.56 Å². The van der Waals surface area contributed by atoms with Gasteiger partial charge in [-0.05, 0) is 51.3 Å². The van der Waals surface area contributed by atoms with Crippen LogP contribution in [0.25, 0.3) is 0 Å². The summed E-state index contributed by atoms with van der Waals surface area (Å²) in [6.45, 7) is 7.02. The fourth-order valence-corrected chi connectivity index (χ4v) is 3.91. The van der Waals surface area contributed by atoms with Gasteiger partial charge in [-0.1, -0.05) is 12.1 Å². The highest BCUT2D eigenvalue weighted by Crippen LogP contribution is 2.36. The first kappa shape index (κ1) is 14.5. The molecule has 0 spiro atoms. The van der Waals surface area contributed by atoms with Gasteiger partial charge in [-0.2, -0.15) is 0 Å². The number of nitrogens with zero attached hydrogens (tertiary/aromatic N) is 1. The van der Waals surface area contributed by atoms with E-state index in [2.05, 4.69) is 16.4 Å². The third-order valence-electron chi connectivity index (χ3n) is 3.44. The van der Waals surface area contributed by atoms with Gasteiger partial charge in [0.25, 0.3) is 0 Å². The Labute approximate surface area is 118 Å². The minimum atomic E-state index is -0.948. The number of hydrogen-bond acceptors (Lipinski definition) is 2. The Balaban J connectivity index is 2.20. The predicted molar refractivity (Wildman–Crippen MR) is 79.6 cm³/mol. The molecule has 2 atom stereocenters. The summed E-state index contributed by atoms with van der Waals surface area (Å²) >= 11 is 0. The van der Waals surface area contributed by atoms with Crippen LogP contribution in [0.4, 0.5) is 0 Å². The maximum Gasteiger partial charge on any atom is 0.118 e. The molecule has 1 aliphatic rings. The van der Waals surface area contributed by atoms with Crippen molar-refractivity contribution in [1.82, 2.24) is 4.31 Å². The molecule has 1 fully saturated rings. The standard InChI is InChI=1S/C15H23NO2S/c1-15(2,3)19(17)16-11-5-6-14(16)12-7-9-13(18-4)10-8-12/h7-10,14H,5-6,11H2,1-4H3/t14-,19?/m0/s1. The van der Waals surface area contributed by atoms with Crippen LogP contribution in [0.3, 0.4) is 0 Å². The zero-order valence-corrected chi connectivity index (χ0v) is 13.0. The van der Waals surface area contributed by atoms with Crippen molar-refractivity contribution in [1.29, 1.82) is 0 Å². The third kappa shape index (κ3) is 3.18. The van der Waals surface area contributed by atoms with Crippen LogP contribution in [0.15, 0.2) is 24.3 Å². The van der Waals surface area contributed by atoms with Crippen molar-refractivity contribution in [2.75, 3.05) is 13.7 Å². The van der Waals surface area contributed by atoms with Crippen molar-refractivity contribution in [3.63, 3.8) is 0 Å². The van der Waals surface area contributed by atoms with E-state index < -0.39 is 11.0 Å². The van der Waals surface area contributed by atoms with E-state index in [9.17, 15) is 4.21 Å². The average molecular weight is 281 g/mol. The normalized spacial score (nSPS) is 22.4. The predicted octanol–water partition coefficient (Wildman–Crippen LogP) is 3.29.